The van der Waals surface area contributed by atoms with E-state index in [-0.39, 0.29) is 0 Å². The van der Waals surface area contributed by atoms with Crippen LogP contribution in [0.3, 0.4) is 0 Å². The highest BCUT2D eigenvalue weighted by Crippen LogP contribution is 2.32. The predicted octanol–water partition coefficient (Wildman–Crippen LogP) is 1.97. The van der Waals surface area contributed by atoms with Crippen LogP contribution in [0.1, 0.15) is 6.42 Å². The molecule has 0 fully saturated rings. The van der Waals surface area contributed by atoms with Gasteiger partial charge in [-0.3, -0.25) is 4.98 Å². The van der Waals surface area contributed by atoms with Gasteiger partial charge in [-0.1, -0.05) is 12.1 Å². The highest BCUT2D eigenvalue weighted by Gasteiger charge is 2.14. The molecule has 2 rings (SSSR count). The standard InChI is InChI=1S/C14H18N4O/c1-19-13-6-3-2-5-12(13)18(10-4-7-15)14-11-16-8-9-17-14/h2-3,5-6,8-9,11H,4,7,10,15H2,1H3. The molecule has 0 unspecified atom stereocenters. The lowest BCUT2D eigenvalue weighted by atomic mass is 10.2. The average Bonchev–Trinajstić information content (AvgIpc) is 2.49. The molecule has 1 aromatic heterocycles. The van der Waals surface area contributed by atoms with Crippen molar-refractivity contribution in [3.8, 4) is 5.75 Å². The minimum atomic E-state index is 0.631. The Morgan fingerprint density at radius 2 is 2.11 bits per heavy atom. The van der Waals surface area contributed by atoms with Crippen LogP contribution in [0, 0.1) is 0 Å². The van der Waals surface area contributed by atoms with E-state index in [4.69, 9.17) is 10.5 Å². The maximum absolute atomic E-state index is 5.61. The predicted molar refractivity (Wildman–Crippen MR) is 75.7 cm³/mol. The monoisotopic (exact) mass is 258 g/mol. The number of para-hydroxylation sites is 2. The fraction of sp³-hybridized carbons (Fsp3) is 0.286. The van der Waals surface area contributed by atoms with E-state index in [0.29, 0.717) is 6.54 Å². The van der Waals surface area contributed by atoms with Crippen LogP contribution >= 0.6 is 0 Å². The average molecular weight is 258 g/mol. The number of hydrogen-bond acceptors (Lipinski definition) is 5. The van der Waals surface area contributed by atoms with Crippen molar-refractivity contribution >= 4 is 11.5 Å². The van der Waals surface area contributed by atoms with Crippen molar-refractivity contribution in [1.29, 1.82) is 0 Å². The molecular weight excluding hydrogens is 240 g/mol. The molecule has 2 N–H and O–H groups in total. The third-order valence-electron chi connectivity index (χ3n) is 2.79. The van der Waals surface area contributed by atoms with Crippen molar-refractivity contribution in [2.24, 2.45) is 5.73 Å². The minimum absolute atomic E-state index is 0.631. The van der Waals surface area contributed by atoms with E-state index in [2.05, 4.69) is 14.9 Å². The first-order valence-corrected chi connectivity index (χ1v) is 6.23. The Kier molecular flexibility index (Phi) is 4.69. The van der Waals surface area contributed by atoms with Crippen molar-refractivity contribution in [3.05, 3.63) is 42.9 Å². The first-order chi connectivity index (χ1) is 9.36. The van der Waals surface area contributed by atoms with Crippen LogP contribution in [0.25, 0.3) is 0 Å². The van der Waals surface area contributed by atoms with Gasteiger partial charge in [0.15, 0.2) is 5.82 Å². The summed E-state index contributed by atoms with van der Waals surface area (Å²) in [5, 5.41) is 0. The van der Waals surface area contributed by atoms with Gasteiger partial charge in [0, 0.05) is 18.9 Å². The molecule has 0 bridgehead atoms. The van der Waals surface area contributed by atoms with E-state index >= 15 is 0 Å². The van der Waals surface area contributed by atoms with Crippen molar-refractivity contribution < 1.29 is 4.74 Å². The molecule has 5 heteroatoms. The van der Waals surface area contributed by atoms with Crippen molar-refractivity contribution in [2.45, 2.75) is 6.42 Å². The van der Waals surface area contributed by atoms with Crippen LogP contribution in [0.2, 0.25) is 0 Å². The number of nitrogens with zero attached hydrogens (tertiary/aromatic N) is 3. The second-order valence-electron chi connectivity index (χ2n) is 4.03. The van der Waals surface area contributed by atoms with Crippen LogP contribution in [0.15, 0.2) is 42.9 Å². The number of anilines is 2. The molecule has 100 valence electrons. The highest BCUT2D eigenvalue weighted by atomic mass is 16.5. The number of methoxy groups -OCH3 is 1. The van der Waals surface area contributed by atoms with E-state index < -0.39 is 0 Å². The first-order valence-electron chi connectivity index (χ1n) is 6.23. The van der Waals surface area contributed by atoms with E-state index in [9.17, 15) is 0 Å². The largest absolute Gasteiger partial charge is 0.495 e. The summed E-state index contributed by atoms with van der Waals surface area (Å²) in [6, 6.07) is 7.86. The smallest absolute Gasteiger partial charge is 0.151 e. The van der Waals surface area contributed by atoms with Crippen molar-refractivity contribution in [2.75, 3.05) is 25.1 Å². The van der Waals surface area contributed by atoms with Crippen LogP contribution in [-0.2, 0) is 0 Å². The lowest BCUT2D eigenvalue weighted by Crippen LogP contribution is -2.22. The Morgan fingerprint density at radius 3 is 2.79 bits per heavy atom. The Labute approximate surface area is 113 Å². The number of aromatic nitrogens is 2. The quantitative estimate of drug-likeness (QED) is 0.858. The Hall–Kier alpha value is -2.14. The summed E-state index contributed by atoms with van der Waals surface area (Å²) < 4.78 is 5.41. The van der Waals surface area contributed by atoms with Gasteiger partial charge in [-0.15, -0.1) is 0 Å². The molecule has 0 amide bonds. The van der Waals surface area contributed by atoms with Crippen LogP contribution in [0.4, 0.5) is 11.5 Å². The normalized spacial score (nSPS) is 10.2. The summed E-state index contributed by atoms with van der Waals surface area (Å²) in [6.45, 7) is 1.40. The number of ether oxygens (including phenoxy) is 1. The molecule has 5 nitrogen and oxygen atoms in total. The number of benzene rings is 1. The summed E-state index contributed by atoms with van der Waals surface area (Å²) in [7, 11) is 1.66. The minimum Gasteiger partial charge on any atom is -0.495 e. The molecule has 1 heterocycles. The Bertz CT molecular complexity index is 504. The SMILES string of the molecule is COc1ccccc1N(CCCN)c1cnccn1. The molecule has 0 aliphatic rings. The second kappa shape index (κ2) is 6.70. The fourth-order valence-corrected chi connectivity index (χ4v) is 1.89. The van der Waals surface area contributed by atoms with Gasteiger partial charge in [0.25, 0.3) is 0 Å². The zero-order valence-electron chi connectivity index (χ0n) is 11.0. The molecule has 19 heavy (non-hydrogen) atoms. The topological polar surface area (TPSA) is 64.3 Å². The van der Waals surface area contributed by atoms with E-state index in [1.54, 1.807) is 25.7 Å². The fourth-order valence-electron chi connectivity index (χ4n) is 1.89. The zero-order chi connectivity index (χ0) is 13.5. The van der Waals surface area contributed by atoms with E-state index in [1.807, 2.05) is 24.3 Å². The van der Waals surface area contributed by atoms with Crippen LogP contribution in [0.5, 0.6) is 5.75 Å². The van der Waals surface area contributed by atoms with Crippen molar-refractivity contribution in [3.63, 3.8) is 0 Å². The molecule has 0 aliphatic heterocycles. The molecule has 0 spiro atoms. The van der Waals surface area contributed by atoms with Gasteiger partial charge in [0.2, 0.25) is 0 Å². The van der Waals surface area contributed by atoms with Gasteiger partial charge in [-0.05, 0) is 25.1 Å². The van der Waals surface area contributed by atoms with Gasteiger partial charge in [-0.2, -0.15) is 0 Å². The summed E-state index contributed by atoms with van der Waals surface area (Å²) in [5.74, 6) is 1.60. The third kappa shape index (κ3) is 3.20. The molecule has 2 aromatic rings. The lowest BCUT2D eigenvalue weighted by molar-refractivity contribution is 0.415. The Balaban J connectivity index is 2.37. The third-order valence-corrected chi connectivity index (χ3v) is 2.79. The zero-order valence-corrected chi connectivity index (χ0v) is 11.0. The van der Waals surface area contributed by atoms with Gasteiger partial charge in [0.05, 0.1) is 19.0 Å². The molecule has 0 radical (unpaired) electrons. The first kappa shape index (κ1) is 13.3. The molecular formula is C14H18N4O. The maximum Gasteiger partial charge on any atom is 0.151 e. The van der Waals surface area contributed by atoms with Gasteiger partial charge >= 0.3 is 0 Å². The molecule has 0 aliphatic carbocycles. The summed E-state index contributed by atoms with van der Waals surface area (Å²) >= 11 is 0. The number of nitrogens with two attached hydrogens (primary N) is 1. The summed E-state index contributed by atoms with van der Waals surface area (Å²) in [5.41, 5.74) is 6.58. The number of rotatable bonds is 6. The molecule has 0 atom stereocenters. The Morgan fingerprint density at radius 1 is 1.26 bits per heavy atom. The van der Waals surface area contributed by atoms with Gasteiger partial charge in [-0.25, -0.2) is 4.98 Å². The lowest BCUT2D eigenvalue weighted by Gasteiger charge is -2.24. The second-order valence-corrected chi connectivity index (χ2v) is 4.03. The summed E-state index contributed by atoms with van der Waals surface area (Å²) in [6.07, 6.45) is 5.95. The van der Waals surface area contributed by atoms with Crippen molar-refractivity contribution in [1.82, 2.24) is 9.97 Å². The van der Waals surface area contributed by atoms with Gasteiger partial charge < -0.3 is 15.4 Å². The van der Waals surface area contributed by atoms with Gasteiger partial charge in [0.1, 0.15) is 5.75 Å². The molecule has 0 saturated carbocycles. The number of hydrogen-bond donors (Lipinski definition) is 1. The van der Waals surface area contributed by atoms with Crippen LogP contribution in [-0.4, -0.2) is 30.2 Å². The molecule has 1 aromatic carbocycles. The molecule has 0 saturated heterocycles. The van der Waals surface area contributed by atoms with Crippen LogP contribution < -0.4 is 15.4 Å². The summed E-state index contributed by atoms with van der Waals surface area (Å²) in [4.78, 5) is 10.5. The maximum atomic E-state index is 5.61. The highest BCUT2D eigenvalue weighted by molar-refractivity contribution is 5.66. The van der Waals surface area contributed by atoms with E-state index in [1.165, 1.54) is 0 Å². The van der Waals surface area contributed by atoms with E-state index in [0.717, 1.165) is 30.2 Å².